The van der Waals surface area contributed by atoms with Crippen molar-refractivity contribution in [3.05, 3.63) is 35.4 Å². The summed E-state index contributed by atoms with van der Waals surface area (Å²) in [5, 5.41) is 22.0. The van der Waals surface area contributed by atoms with Gasteiger partial charge in [0.2, 0.25) is 0 Å². The number of aliphatic hydroxyl groups excluding tert-OH is 1. The molecular weight excluding hydrogens is 274 g/mol. The van der Waals surface area contributed by atoms with Crippen molar-refractivity contribution in [2.45, 2.75) is 19.1 Å². The van der Waals surface area contributed by atoms with Crippen LogP contribution in [0.25, 0.3) is 0 Å². The summed E-state index contributed by atoms with van der Waals surface area (Å²) in [7, 11) is 0. The summed E-state index contributed by atoms with van der Waals surface area (Å²) in [4.78, 5) is 21.6. The van der Waals surface area contributed by atoms with Crippen molar-refractivity contribution in [3.8, 4) is 0 Å². The number of carboxylic acid groups (broad SMARTS) is 1. The van der Waals surface area contributed by atoms with Crippen LogP contribution in [-0.2, 0) is 11.3 Å². The average Bonchev–Trinajstić information content (AvgIpc) is 2.37. The molecule has 20 heavy (non-hydrogen) atoms. The van der Waals surface area contributed by atoms with Gasteiger partial charge in [-0.2, -0.15) is 0 Å². The summed E-state index contributed by atoms with van der Waals surface area (Å²) in [5.74, 6) is -2.86. The Morgan fingerprint density at radius 2 is 1.95 bits per heavy atom. The van der Waals surface area contributed by atoms with Crippen LogP contribution in [0.5, 0.6) is 0 Å². The summed E-state index contributed by atoms with van der Waals surface area (Å²) in [6.07, 6.45) is -1.70. The fourth-order valence-corrected chi connectivity index (χ4v) is 1.35. The van der Waals surface area contributed by atoms with Crippen LogP contribution in [0.2, 0.25) is 0 Å². The minimum absolute atomic E-state index is 0.0504. The number of hydrogen-bond donors (Lipinski definition) is 4. The summed E-state index contributed by atoms with van der Waals surface area (Å²) >= 11 is 0. The van der Waals surface area contributed by atoms with Gasteiger partial charge in [-0.3, -0.25) is 0 Å². The van der Waals surface area contributed by atoms with E-state index in [4.69, 9.17) is 10.2 Å². The van der Waals surface area contributed by atoms with Crippen molar-refractivity contribution in [1.82, 2.24) is 10.6 Å². The van der Waals surface area contributed by atoms with E-state index in [1.807, 2.05) is 0 Å². The van der Waals surface area contributed by atoms with Gasteiger partial charge in [0.15, 0.2) is 6.10 Å². The lowest BCUT2D eigenvalue weighted by Gasteiger charge is -2.09. The van der Waals surface area contributed by atoms with Crippen LogP contribution in [0.15, 0.2) is 18.2 Å². The van der Waals surface area contributed by atoms with Crippen LogP contribution < -0.4 is 10.6 Å². The van der Waals surface area contributed by atoms with Crippen molar-refractivity contribution < 1.29 is 28.6 Å². The Kier molecular flexibility index (Phi) is 5.85. The highest BCUT2D eigenvalue weighted by molar-refractivity contribution is 5.74. The second-order valence-electron chi connectivity index (χ2n) is 3.99. The number of rotatable bonds is 6. The quantitative estimate of drug-likeness (QED) is 0.616. The number of halogens is 2. The Hall–Kier alpha value is -2.22. The summed E-state index contributed by atoms with van der Waals surface area (Å²) < 4.78 is 25.9. The molecule has 0 aliphatic rings. The average molecular weight is 288 g/mol. The standard InChI is InChI=1S/C12H14F2N2O4/c13-8-2-1-7(9(14)5-8)6-16-12(20)15-4-3-10(17)11(18)19/h1-2,5,10,17H,3-4,6H2,(H,18,19)(H2,15,16,20)/t10-/m0/s1. The van der Waals surface area contributed by atoms with Gasteiger partial charge < -0.3 is 20.8 Å². The van der Waals surface area contributed by atoms with Gasteiger partial charge in [0, 0.05) is 31.1 Å². The van der Waals surface area contributed by atoms with Gasteiger partial charge in [-0.1, -0.05) is 6.07 Å². The van der Waals surface area contributed by atoms with E-state index >= 15 is 0 Å². The molecule has 0 bridgehead atoms. The maximum atomic E-state index is 13.2. The van der Waals surface area contributed by atoms with Crippen LogP contribution in [0.1, 0.15) is 12.0 Å². The molecule has 0 saturated heterocycles. The molecular formula is C12H14F2N2O4. The third-order valence-corrected chi connectivity index (χ3v) is 2.44. The number of carbonyl (C=O) groups excluding carboxylic acids is 1. The van der Waals surface area contributed by atoms with Crippen LogP contribution in [0, 0.1) is 11.6 Å². The molecule has 1 atom stereocenters. The number of urea groups is 1. The van der Waals surface area contributed by atoms with Gasteiger partial charge in [0.1, 0.15) is 11.6 Å². The van der Waals surface area contributed by atoms with Crippen molar-refractivity contribution in [3.63, 3.8) is 0 Å². The van der Waals surface area contributed by atoms with Crippen LogP contribution in [-0.4, -0.2) is 34.9 Å². The van der Waals surface area contributed by atoms with E-state index in [0.29, 0.717) is 6.07 Å². The molecule has 1 rings (SSSR count). The van der Waals surface area contributed by atoms with E-state index in [2.05, 4.69) is 10.6 Å². The van der Waals surface area contributed by atoms with Gasteiger partial charge in [0.25, 0.3) is 0 Å². The molecule has 0 aliphatic heterocycles. The molecule has 4 N–H and O–H groups in total. The highest BCUT2D eigenvalue weighted by Crippen LogP contribution is 2.08. The van der Waals surface area contributed by atoms with Gasteiger partial charge in [-0.15, -0.1) is 0 Å². The molecule has 0 radical (unpaired) electrons. The van der Waals surface area contributed by atoms with Gasteiger partial charge in [-0.25, -0.2) is 18.4 Å². The number of benzene rings is 1. The molecule has 0 spiro atoms. The Bertz CT molecular complexity index is 496. The summed E-state index contributed by atoms with van der Waals surface area (Å²) in [6.45, 7) is -0.190. The first-order valence-corrected chi connectivity index (χ1v) is 5.76. The smallest absolute Gasteiger partial charge is 0.332 e. The SMILES string of the molecule is O=C(NCC[C@H](O)C(=O)O)NCc1ccc(F)cc1F. The molecule has 0 aliphatic carbocycles. The normalized spacial score (nSPS) is 11.8. The number of nitrogens with one attached hydrogen (secondary N) is 2. The lowest BCUT2D eigenvalue weighted by atomic mass is 10.2. The summed E-state index contributed by atoms with van der Waals surface area (Å²) in [6, 6.07) is 2.34. The zero-order chi connectivity index (χ0) is 15.1. The monoisotopic (exact) mass is 288 g/mol. The molecule has 6 nitrogen and oxygen atoms in total. The van der Waals surface area contributed by atoms with Crippen molar-refractivity contribution in [1.29, 1.82) is 0 Å². The van der Waals surface area contributed by atoms with Gasteiger partial charge in [-0.05, 0) is 6.07 Å². The van der Waals surface area contributed by atoms with Crippen molar-refractivity contribution in [2.24, 2.45) is 0 Å². The zero-order valence-electron chi connectivity index (χ0n) is 10.4. The molecule has 8 heteroatoms. The van der Waals surface area contributed by atoms with Crippen LogP contribution in [0.3, 0.4) is 0 Å². The highest BCUT2D eigenvalue weighted by Gasteiger charge is 2.12. The van der Waals surface area contributed by atoms with E-state index in [1.165, 1.54) is 6.07 Å². The minimum atomic E-state index is -1.55. The van der Waals surface area contributed by atoms with E-state index < -0.39 is 29.7 Å². The van der Waals surface area contributed by atoms with E-state index in [0.717, 1.165) is 6.07 Å². The first-order valence-electron chi connectivity index (χ1n) is 5.76. The third-order valence-electron chi connectivity index (χ3n) is 2.44. The second kappa shape index (κ2) is 7.39. The first kappa shape index (κ1) is 15.8. The molecule has 0 fully saturated rings. The van der Waals surface area contributed by atoms with E-state index in [1.54, 1.807) is 0 Å². The lowest BCUT2D eigenvalue weighted by molar-refractivity contribution is -0.146. The van der Waals surface area contributed by atoms with Crippen LogP contribution >= 0.6 is 0 Å². The highest BCUT2D eigenvalue weighted by atomic mass is 19.1. The summed E-state index contributed by atoms with van der Waals surface area (Å²) in [5.41, 5.74) is 0.118. The molecule has 0 unspecified atom stereocenters. The molecule has 0 aromatic heterocycles. The molecule has 1 aromatic carbocycles. The molecule has 110 valence electrons. The first-order chi connectivity index (χ1) is 9.40. The lowest BCUT2D eigenvalue weighted by Crippen LogP contribution is -2.37. The predicted octanol–water partition coefficient (Wildman–Crippen LogP) is 0.600. The van der Waals surface area contributed by atoms with Crippen molar-refractivity contribution >= 4 is 12.0 Å². The number of aliphatic carboxylic acids is 1. The van der Waals surface area contributed by atoms with E-state index in [-0.39, 0.29) is 25.1 Å². The molecule has 0 saturated carbocycles. The fraction of sp³-hybridized carbons (Fsp3) is 0.333. The largest absolute Gasteiger partial charge is 0.479 e. The Morgan fingerprint density at radius 3 is 2.55 bits per heavy atom. The Labute approximate surface area is 113 Å². The second-order valence-corrected chi connectivity index (χ2v) is 3.99. The maximum absolute atomic E-state index is 13.2. The molecule has 2 amide bonds. The van der Waals surface area contributed by atoms with Gasteiger partial charge >= 0.3 is 12.0 Å². The number of carboxylic acids is 1. The number of amides is 2. The van der Waals surface area contributed by atoms with Crippen molar-refractivity contribution in [2.75, 3.05) is 6.54 Å². The fourth-order valence-electron chi connectivity index (χ4n) is 1.35. The predicted molar refractivity (Wildman–Crippen MR) is 64.9 cm³/mol. The Balaban J connectivity index is 2.31. The Morgan fingerprint density at radius 1 is 1.25 bits per heavy atom. The number of hydrogen-bond acceptors (Lipinski definition) is 3. The minimum Gasteiger partial charge on any atom is -0.479 e. The third kappa shape index (κ3) is 5.19. The number of carbonyl (C=O) groups is 2. The van der Waals surface area contributed by atoms with Crippen LogP contribution in [0.4, 0.5) is 13.6 Å². The molecule has 1 aromatic rings. The maximum Gasteiger partial charge on any atom is 0.332 e. The topological polar surface area (TPSA) is 98.7 Å². The molecule has 0 heterocycles. The zero-order valence-corrected chi connectivity index (χ0v) is 10.4. The van der Waals surface area contributed by atoms with Gasteiger partial charge in [0.05, 0.1) is 0 Å². The van der Waals surface area contributed by atoms with E-state index in [9.17, 15) is 18.4 Å². The number of aliphatic hydroxyl groups is 1.